The summed E-state index contributed by atoms with van der Waals surface area (Å²) < 4.78 is 27.0. The molecule has 34 heavy (non-hydrogen) atoms. The topological polar surface area (TPSA) is 139 Å². The minimum Gasteiger partial charge on any atom is -0.370 e. The van der Waals surface area contributed by atoms with Crippen LogP contribution in [0, 0.1) is 0 Å². The van der Waals surface area contributed by atoms with E-state index in [1.165, 1.54) is 4.31 Å². The van der Waals surface area contributed by atoms with Gasteiger partial charge in [-0.3, -0.25) is 14.4 Å². The number of piperidine rings is 1. The Morgan fingerprint density at radius 2 is 1.59 bits per heavy atom. The van der Waals surface area contributed by atoms with Crippen molar-refractivity contribution in [3.8, 4) is 0 Å². The number of primary amides is 1. The minimum atomic E-state index is -3.48. The van der Waals surface area contributed by atoms with Crippen LogP contribution >= 0.6 is 0 Å². The third kappa shape index (κ3) is 6.88. The summed E-state index contributed by atoms with van der Waals surface area (Å²) in [6, 6.07) is 13.2. The lowest BCUT2D eigenvalue weighted by atomic mass is 10.1. The molecule has 0 saturated carbocycles. The van der Waals surface area contributed by atoms with Gasteiger partial charge in [0.25, 0.3) is 5.91 Å². The summed E-state index contributed by atoms with van der Waals surface area (Å²) in [5.74, 6) is -1.20. The number of sulfonamides is 1. The molecular weight excluding hydrogens is 456 g/mol. The van der Waals surface area contributed by atoms with E-state index in [-0.39, 0.29) is 35.8 Å². The van der Waals surface area contributed by atoms with Gasteiger partial charge in [-0.1, -0.05) is 30.7 Å². The molecule has 0 atom stereocenters. The van der Waals surface area contributed by atoms with Crippen molar-refractivity contribution in [1.29, 1.82) is 0 Å². The van der Waals surface area contributed by atoms with Crippen LogP contribution in [-0.2, 0) is 26.0 Å². The second-order valence-electron chi connectivity index (χ2n) is 8.17. The van der Waals surface area contributed by atoms with E-state index in [9.17, 15) is 22.8 Å². The Morgan fingerprint density at radius 3 is 2.26 bits per heavy atom. The standard InChI is InChI=1S/C24H30N4O5S/c25-22(29)14-15-26-24(31)20-6-2-3-7-21(20)27-23(30)13-10-18-8-11-19(12-9-18)34(32,33)28-16-4-1-5-17-28/h2-3,6-9,11-12H,1,4-5,10,13-17H2,(H2,25,29)(H,26,31)(H,27,30). The van der Waals surface area contributed by atoms with E-state index in [0.29, 0.717) is 25.2 Å². The lowest BCUT2D eigenvalue weighted by molar-refractivity contribution is -0.118. The Bertz CT molecular complexity index is 1130. The van der Waals surface area contributed by atoms with Gasteiger partial charge < -0.3 is 16.4 Å². The highest BCUT2D eigenvalue weighted by Gasteiger charge is 2.25. The predicted molar refractivity (Wildman–Crippen MR) is 129 cm³/mol. The molecule has 1 aliphatic heterocycles. The van der Waals surface area contributed by atoms with Gasteiger partial charge in [-0.15, -0.1) is 0 Å². The van der Waals surface area contributed by atoms with Gasteiger partial charge in [-0.25, -0.2) is 8.42 Å². The fourth-order valence-corrected chi connectivity index (χ4v) is 5.25. The number of benzene rings is 2. The maximum Gasteiger partial charge on any atom is 0.253 e. The van der Waals surface area contributed by atoms with Crippen LogP contribution in [0.4, 0.5) is 5.69 Å². The molecule has 10 heteroatoms. The molecule has 182 valence electrons. The number of rotatable bonds is 10. The number of nitrogens with two attached hydrogens (primary N) is 1. The van der Waals surface area contributed by atoms with Gasteiger partial charge >= 0.3 is 0 Å². The van der Waals surface area contributed by atoms with Crippen molar-refractivity contribution in [2.24, 2.45) is 5.73 Å². The van der Waals surface area contributed by atoms with Gasteiger partial charge in [0.1, 0.15) is 0 Å². The monoisotopic (exact) mass is 486 g/mol. The molecule has 2 aromatic rings. The van der Waals surface area contributed by atoms with Gasteiger partial charge in [0, 0.05) is 32.5 Å². The molecule has 1 heterocycles. The molecule has 0 spiro atoms. The number of anilines is 1. The zero-order chi connectivity index (χ0) is 24.6. The first-order valence-electron chi connectivity index (χ1n) is 11.3. The van der Waals surface area contributed by atoms with Crippen molar-refractivity contribution in [3.63, 3.8) is 0 Å². The number of hydrogen-bond acceptors (Lipinski definition) is 5. The molecule has 3 rings (SSSR count). The zero-order valence-corrected chi connectivity index (χ0v) is 19.8. The van der Waals surface area contributed by atoms with Crippen LogP contribution in [0.1, 0.15) is 48.0 Å². The van der Waals surface area contributed by atoms with Crippen LogP contribution in [0.3, 0.4) is 0 Å². The molecule has 0 aliphatic carbocycles. The molecule has 1 aliphatic rings. The number of nitrogens with zero attached hydrogens (tertiary/aromatic N) is 1. The molecule has 2 aromatic carbocycles. The number of carbonyl (C=O) groups is 3. The number of carbonyl (C=O) groups excluding carboxylic acids is 3. The molecule has 0 unspecified atom stereocenters. The number of amides is 3. The summed E-state index contributed by atoms with van der Waals surface area (Å²) in [5.41, 5.74) is 6.57. The SMILES string of the molecule is NC(=O)CCNC(=O)c1ccccc1NC(=O)CCc1ccc(S(=O)(=O)N2CCCCC2)cc1. The van der Waals surface area contributed by atoms with Crippen LogP contribution in [0.15, 0.2) is 53.4 Å². The molecule has 0 aromatic heterocycles. The van der Waals surface area contributed by atoms with Crippen LogP contribution in [0.2, 0.25) is 0 Å². The van der Waals surface area contributed by atoms with Gasteiger partial charge in [-0.05, 0) is 49.1 Å². The summed E-state index contributed by atoms with van der Waals surface area (Å²) in [6.07, 6.45) is 3.42. The van der Waals surface area contributed by atoms with E-state index in [2.05, 4.69) is 10.6 Å². The van der Waals surface area contributed by atoms with Gasteiger partial charge in [0.05, 0.1) is 16.1 Å². The summed E-state index contributed by atoms with van der Waals surface area (Å²) in [4.78, 5) is 36.0. The van der Waals surface area contributed by atoms with Crippen molar-refractivity contribution in [3.05, 3.63) is 59.7 Å². The minimum absolute atomic E-state index is 0.0262. The third-order valence-corrected chi connectivity index (χ3v) is 7.53. The average molecular weight is 487 g/mol. The van der Waals surface area contributed by atoms with Crippen molar-refractivity contribution in [1.82, 2.24) is 9.62 Å². The first kappa shape index (κ1) is 25.4. The highest BCUT2D eigenvalue weighted by atomic mass is 32.2. The molecule has 4 N–H and O–H groups in total. The first-order valence-corrected chi connectivity index (χ1v) is 12.8. The fourth-order valence-electron chi connectivity index (χ4n) is 3.74. The highest BCUT2D eigenvalue weighted by molar-refractivity contribution is 7.89. The van der Waals surface area contributed by atoms with Crippen molar-refractivity contribution >= 4 is 33.4 Å². The number of para-hydroxylation sites is 1. The van der Waals surface area contributed by atoms with E-state index in [4.69, 9.17) is 5.73 Å². The zero-order valence-electron chi connectivity index (χ0n) is 19.0. The van der Waals surface area contributed by atoms with Crippen LogP contribution < -0.4 is 16.4 Å². The second kappa shape index (κ2) is 11.8. The maximum atomic E-state index is 12.8. The normalized spacial score (nSPS) is 14.4. The predicted octanol–water partition coefficient (Wildman–Crippen LogP) is 2.04. The van der Waals surface area contributed by atoms with E-state index in [1.54, 1.807) is 48.5 Å². The smallest absolute Gasteiger partial charge is 0.253 e. The Labute approximate surface area is 199 Å². The first-order chi connectivity index (χ1) is 16.3. The fraction of sp³-hybridized carbons (Fsp3) is 0.375. The third-order valence-electron chi connectivity index (χ3n) is 5.62. The van der Waals surface area contributed by atoms with Crippen molar-refractivity contribution < 1.29 is 22.8 Å². The summed E-state index contributed by atoms with van der Waals surface area (Å²) in [5, 5.41) is 5.34. The summed E-state index contributed by atoms with van der Waals surface area (Å²) in [7, 11) is -3.48. The molecular formula is C24H30N4O5S. The Balaban J connectivity index is 1.55. The summed E-state index contributed by atoms with van der Waals surface area (Å²) in [6.45, 7) is 1.21. The molecule has 0 radical (unpaired) electrons. The van der Waals surface area contributed by atoms with Gasteiger partial charge in [0.2, 0.25) is 21.8 Å². The van der Waals surface area contributed by atoms with Crippen molar-refractivity contribution in [2.45, 2.75) is 43.4 Å². The molecule has 9 nitrogen and oxygen atoms in total. The molecule has 3 amide bonds. The van der Waals surface area contributed by atoms with Crippen LogP contribution in [0.5, 0.6) is 0 Å². The Kier molecular flexibility index (Phi) is 8.78. The number of hydrogen-bond donors (Lipinski definition) is 3. The van der Waals surface area contributed by atoms with E-state index in [0.717, 1.165) is 24.8 Å². The number of aryl methyl sites for hydroxylation is 1. The quantitative estimate of drug-likeness (QED) is 0.472. The van der Waals surface area contributed by atoms with Gasteiger partial charge in [-0.2, -0.15) is 4.31 Å². The molecule has 0 bridgehead atoms. The van der Waals surface area contributed by atoms with E-state index < -0.39 is 21.8 Å². The van der Waals surface area contributed by atoms with Crippen LogP contribution in [0.25, 0.3) is 0 Å². The number of nitrogens with one attached hydrogen (secondary N) is 2. The summed E-state index contributed by atoms with van der Waals surface area (Å²) >= 11 is 0. The highest BCUT2D eigenvalue weighted by Crippen LogP contribution is 2.21. The van der Waals surface area contributed by atoms with Gasteiger partial charge in [0.15, 0.2) is 0 Å². The average Bonchev–Trinajstić information content (AvgIpc) is 2.83. The molecule has 1 fully saturated rings. The second-order valence-corrected chi connectivity index (χ2v) is 10.1. The maximum absolute atomic E-state index is 12.8. The lowest BCUT2D eigenvalue weighted by Gasteiger charge is -2.25. The Hall–Kier alpha value is -3.24. The van der Waals surface area contributed by atoms with E-state index >= 15 is 0 Å². The molecule has 1 saturated heterocycles. The van der Waals surface area contributed by atoms with Crippen molar-refractivity contribution in [2.75, 3.05) is 25.0 Å². The van der Waals surface area contributed by atoms with Crippen LogP contribution in [-0.4, -0.2) is 50.1 Å². The lowest BCUT2D eigenvalue weighted by Crippen LogP contribution is -2.35. The Morgan fingerprint density at radius 1 is 0.912 bits per heavy atom. The largest absolute Gasteiger partial charge is 0.370 e. The van der Waals surface area contributed by atoms with E-state index in [1.807, 2.05) is 0 Å².